The van der Waals surface area contributed by atoms with Gasteiger partial charge in [0.1, 0.15) is 6.61 Å². The molecule has 1 heterocycles. The first-order valence-corrected chi connectivity index (χ1v) is 12.4. The summed E-state index contributed by atoms with van der Waals surface area (Å²) in [6.45, 7) is 5.14. The van der Waals surface area contributed by atoms with Gasteiger partial charge in [0.25, 0.3) is 11.8 Å². The van der Waals surface area contributed by atoms with E-state index >= 15 is 0 Å². The molecule has 2 N–H and O–H groups in total. The summed E-state index contributed by atoms with van der Waals surface area (Å²) in [6, 6.07) is 15.8. The second kappa shape index (κ2) is 11.9. The Morgan fingerprint density at radius 3 is 2.24 bits per heavy atom. The number of hydrogen-bond acceptors (Lipinski definition) is 6. The Bertz CT molecular complexity index is 1020. The number of benzene rings is 2. The minimum absolute atomic E-state index is 0.132. The molecule has 0 radical (unpaired) electrons. The Morgan fingerprint density at radius 1 is 0.939 bits per heavy atom. The lowest BCUT2D eigenvalue weighted by molar-refractivity contribution is -0.126. The average molecular weight is 475 g/mol. The van der Waals surface area contributed by atoms with Gasteiger partial charge in [-0.1, -0.05) is 37.3 Å². The molecular weight excluding hydrogens is 444 g/mol. The van der Waals surface area contributed by atoms with Crippen molar-refractivity contribution < 1.29 is 22.7 Å². The third-order valence-electron chi connectivity index (χ3n) is 5.23. The van der Waals surface area contributed by atoms with Gasteiger partial charge in [0.15, 0.2) is 0 Å². The summed E-state index contributed by atoms with van der Waals surface area (Å²) in [7, 11) is -3.65. The molecule has 2 aromatic carbocycles. The molecule has 1 aliphatic rings. The Balaban J connectivity index is 1.51. The van der Waals surface area contributed by atoms with Crippen LogP contribution in [0.4, 0.5) is 0 Å². The molecule has 9 nitrogen and oxygen atoms in total. The molecule has 2 aromatic rings. The lowest BCUT2D eigenvalue weighted by atomic mass is 10.2. The lowest BCUT2D eigenvalue weighted by Gasteiger charge is -2.34. The molecule has 1 aliphatic heterocycles. The molecule has 3 rings (SSSR count). The summed E-state index contributed by atoms with van der Waals surface area (Å²) in [6.07, 6.45) is 0.790. The van der Waals surface area contributed by atoms with E-state index in [9.17, 15) is 18.0 Å². The predicted octanol–water partition coefficient (Wildman–Crippen LogP) is 1.38. The molecule has 0 bridgehead atoms. The number of nitrogens with one attached hydrogen (secondary N) is 2. The minimum Gasteiger partial charge on any atom is -0.372 e. The largest absolute Gasteiger partial charge is 0.372 e. The van der Waals surface area contributed by atoms with E-state index in [1.54, 1.807) is 0 Å². The SMILES string of the molecule is CCCOCC(=O)NNC(=O)c1ccc(S(=O)(=O)N2CCN(Cc3ccccc3)CC2)cc1. The molecule has 1 saturated heterocycles. The van der Waals surface area contributed by atoms with Crippen molar-refractivity contribution >= 4 is 21.8 Å². The molecule has 0 unspecified atom stereocenters. The van der Waals surface area contributed by atoms with E-state index in [2.05, 4.69) is 27.9 Å². The van der Waals surface area contributed by atoms with Gasteiger partial charge in [0.05, 0.1) is 4.90 Å². The highest BCUT2D eigenvalue weighted by Crippen LogP contribution is 2.19. The first-order chi connectivity index (χ1) is 15.9. The van der Waals surface area contributed by atoms with Crippen LogP contribution in [0.5, 0.6) is 0 Å². The van der Waals surface area contributed by atoms with Crippen molar-refractivity contribution in [2.24, 2.45) is 0 Å². The normalized spacial score (nSPS) is 15.2. The predicted molar refractivity (Wildman–Crippen MR) is 124 cm³/mol. The molecule has 0 saturated carbocycles. The van der Waals surface area contributed by atoms with Crippen molar-refractivity contribution in [2.75, 3.05) is 39.4 Å². The van der Waals surface area contributed by atoms with Crippen molar-refractivity contribution in [1.29, 1.82) is 0 Å². The van der Waals surface area contributed by atoms with E-state index in [-0.39, 0.29) is 17.1 Å². The van der Waals surface area contributed by atoms with Crippen LogP contribution in [0.15, 0.2) is 59.5 Å². The summed E-state index contributed by atoms with van der Waals surface area (Å²) in [5.41, 5.74) is 5.99. The van der Waals surface area contributed by atoms with Crippen LogP contribution in [0, 0.1) is 0 Å². The quantitative estimate of drug-likeness (QED) is 0.420. The maximum atomic E-state index is 13.0. The standard InChI is InChI=1S/C23H30N4O5S/c1-2-16-32-18-22(28)24-25-23(29)20-8-10-21(11-9-20)33(30,31)27-14-12-26(13-15-27)17-19-6-4-3-5-7-19/h3-11H,2,12-18H2,1H3,(H,24,28)(H,25,29). The van der Waals surface area contributed by atoms with Gasteiger partial charge in [0, 0.05) is 44.9 Å². The highest BCUT2D eigenvalue weighted by molar-refractivity contribution is 7.89. The maximum Gasteiger partial charge on any atom is 0.269 e. The van der Waals surface area contributed by atoms with Gasteiger partial charge in [-0.3, -0.25) is 25.3 Å². The van der Waals surface area contributed by atoms with E-state index in [4.69, 9.17) is 4.74 Å². The van der Waals surface area contributed by atoms with Gasteiger partial charge in [-0.15, -0.1) is 0 Å². The third-order valence-corrected chi connectivity index (χ3v) is 7.14. The zero-order valence-electron chi connectivity index (χ0n) is 18.7. The van der Waals surface area contributed by atoms with Gasteiger partial charge in [-0.2, -0.15) is 4.31 Å². The highest BCUT2D eigenvalue weighted by Gasteiger charge is 2.28. The smallest absolute Gasteiger partial charge is 0.269 e. The molecule has 33 heavy (non-hydrogen) atoms. The summed E-state index contributed by atoms with van der Waals surface area (Å²) < 4.78 is 32.6. The van der Waals surface area contributed by atoms with Crippen molar-refractivity contribution in [1.82, 2.24) is 20.1 Å². The van der Waals surface area contributed by atoms with Gasteiger partial charge in [-0.25, -0.2) is 8.42 Å². The zero-order chi connectivity index (χ0) is 23.7. The highest BCUT2D eigenvalue weighted by atomic mass is 32.2. The first-order valence-electron chi connectivity index (χ1n) is 10.9. The van der Waals surface area contributed by atoms with Crippen LogP contribution in [0.2, 0.25) is 0 Å². The molecule has 2 amide bonds. The van der Waals surface area contributed by atoms with Crippen LogP contribution >= 0.6 is 0 Å². The molecule has 0 spiro atoms. The van der Waals surface area contributed by atoms with Crippen molar-refractivity contribution in [2.45, 2.75) is 24.8 Å². The average Bonchev–Trinajstić information content (AvgIpc) is 2.84. The van der Waals surface area contributed by atoms with Crippen LogP contribution in [-0.2, 0) is 26.1 Å². The van der Waals surface area contributed by atoms with E-state index in [1.807, 2.05) is 25.1 Å². The van der Waals surface area contributed by atoms with Crippen LogP contribution in [0.1, 0.15) is 29.3 Å². The summed E-state index contributed by atoms with van der Waals surface area (Å²) in [4.78, 5) is 26.2. The molecule has 1 fully saturated rings. The number of hydrogen-bond donors (Lipinski definition) is 2. The van der Waals surface area contributed by atoms with Crippen LogP contribution < -0.4 is 10.9 Å². The number of rotatable bonds is 9. The molecule has 0 atom stereocenters. The number of piperazine rings is 1. The molecule has 0 aromatic heterocycles. The minimum atomic E-state index is -3.65. The number of hydrazine groups is 1. The van der Waals surface area contributed by atoms with Crippen molar-refractivity contribution in [3.63, 3.8) is 0 Å². The topological polar surface area (TPSA) is 108 Å². The van der Waals surface area contributed by atoms with E-state index in [0.717, 1.165) is 13.0 Å². The fourth-order valence-electron chi connectivity index (χ4n) is 3.44. The van der Waals surface area contributed by atoms with E-state index in [0.29, 0.717) is 32.8 Å². The van der Waals surface area contributed by atoms with Gasteiger partial charge >= 0.3 is 0 Å². The zero-order valence-corrected chi connectivity index (χ0v) is 19.5. The number of sulfonamides is 1. The monoisotopic (exact) mass is 474 g/mol. The number of carbonyl (C=O) groups excluding carboxylic acids is 2. The third kappa shape index (κ3) is 7.10. The number of ether oxygens (including phenoxy) is 1. The Morgan fingerprint density at radius 2 is 1.61 bits per heavy atom. The van der Waals surface area contributed by atoms with Crippen molar-refractivity contribution in [3.05, 3.63) is 65.7 Å². The number of amides is 2. The fraction of sp³-hybridized carbons (Fsp3) is 0.391. The number of nitrogens with zero attached hydrogens (tertiary/aromatic N) is 2. The lowest BCUT2D eigenvalue weighted by Crippen LogP contribution is -2.48. The van der Waals surface area contributed by atoms with Gasteiger partial charge in [0.2, 0.25) is 10.0 Å². The molecule has 10 heteroatoms. The second-order valence-electron chi connectivity index (χ2n) is 7.75. The van der Waals surface area contributed by atoms with Gasteiger partial charge < -0.3 is 4.74 Å². The first kappa shape index (κ1) is 24.8. The van der Waals surface area contributed by atoms with Crippen molar-refractivity contribution in [3.8, 4) is 0 Å². The Hall–Kier alpha value is -2.79. The fourth-order valence-corrected chi connectivity index (χ4v) is 4.86. The maximum absolute atomic E-state index is 13.0. The summed E-state index contributed by atoms with van der Waals surface area (Å²) in [5.74, 6) is -1.01. The molecular formula is C23H30N4O5S. The molecule has 0 aliphatic carbocycles. The van der Waals surface area contributed by atoms with E-state index < -0.39 is 21.8 Å². The second-order valence-corrected chi connectivity index (χ2v) is 9.68. The van der Waals surface area contributed by atoms with Gasteiger partial charge in [-0.05, 0) is 36.2 Å². The van der Waals surface area contributed by atoms with E-state index in [1.165, 1.54) is 34.1 Å². The molecule has 178 valence electrons. The number of carbonyl (C=O) groups is 2. The summed E-state index contributed by atoms with van der Waals surface area (Å²) in [5, 5.41) is 0. The Labute approximate surface area is 194 Å². The van der Waals surface area contributed by atoms with Crippen LogP contribution in [0.25, 0.3) is 0 Å². The summed E-state index contributed by atoms with van der Waals surface area (Å²) >= 11 is 0. The van der Waals surface area contributed by atoms with Crippen LogP contribution in [-0.4, -0.2) is 68.8 Å². The Kier molecular flexibility index (Phi) is 8.95. The van der Waals surface area contributed by atoms with Crippen LogP contribution in [0.3, 0.4) is 0 Å².